The van der Waals surface area contributed by atoms with Crippen LogP contribution in [0.15, 0.2) is 48.5 Å². The fourth-order valence-electron chi connectivity index (χ4n) is 3.00. The number of esters is 1. The van der Waals surface area contributed by atoms with Crippen LogP contribution in [-0.2, 0) is 22.6 Å². The topological polar surface area (TPSA) is 62.6 Å². The number of aromatic nitrogens is 2. The first-order chi connectivity index (χ1) is 13.6. The number of benzene rings is 2. The van der Waals surface area contributed by atoms with E-state index in [1.54, 1.807) is 4.68 Å². The fourth-order valence-corrected chi connectivity index (χ4v) is 3.33. The molecule has 0 amide bonds. The Balaban J connectivity index is 1.35. The zero-order valence-corrected chi connectivity index (χ0v) is 16.1. The van der Waals surface area contributed by atoms with Crippen LogP contribution in [0.5, 0.6) is 11.5 Å². The number of fused-ring (bicyclic) bond motifs is 1. The maximum Gasteiger partial charge on any atom is 0.306 e. The van der Waals surface area contributed by atoms with Crippen LogP contribution in [0.2, 0.25) is 5.15 Å². The Bertz CT molecular complexity index is 1000. The van der Waals surface area contributed by atoms with Gasteiger partial charge in [-0.25, -0.2) is 4.68 Å². The summed E-state index contributed by atoms with van der Waals surface area (Å²) in [5.74, 6) is 1.15. The van der Waals surface area contributed by atoms with Gasteiger partial charge in [-0.15, -0.1) is 0 Å². The molecule has 2 heterocycles. The molecule has 144 valence electrons. The molecule has 3 aromatic rings. The molecule has 1 aliphatic heterocycles. The van der Waals surface area contributed by atoms with Crippen LogP contribution >= 0.6 is 11.6 Å². The lowest BCUT2D eigenvalue weighted by Gasteiger charge is -2.06. The van der Waals surface area contributed by atoms with Crippen molar-refractivity contribution in [2.24, 2.45) is 0 Å². The first-order valence-corrected chi connectivity index (χ1v) is 9.33. The van der Waals surface area contributed by atoms with E-state index in [1.165, 1.54) is 0 Å². The van der Waals surface area contributed by atoms with Crippen molar-refractivity contribution in [3.8, 4) is 17.2 Å². The number of carbonyl (C=O) groups excluding carboxylic acids is 1. The molecule has 6 nitrogen and oxygen atoms in total. The number of halogens is 1. The average Bonchev–Trinajstić information content (AvgIpc) is 3.29. The van der Waals surface area contributed by atoms with E-state index in [0.29, 0.717) is 22.9 Å². The molecule has 0 saturated heterocycles. The van der Waals surface area contributed by atoms with Crippen LogP contribution in [0, 0.1) is 6.92 Å². The quantitative estimate of drug-likeness (QED) is 0.581. The minimum Gasteiger partial charge on any atom is -0.461 e. The van der Waals surface area contributed by atoms with Gasteiger partial charge in [-0.1, -0.05) is 35.9 Å². The largest absolute Gasteiger partial charge is 0.461 e. The lowest BCUT2D eigenvalue weighted by molar-refractivity contribution is -0.144. The molecule has 1 aliphatic rings. The van der Waals surface area contributed by atoms with Crippen molar-refractivity contribution < 1.29 is 19.0 Å². The molecule has 0 saturated carbocycles. The van der Waals surface area contributed by atoms with Crippen molar-refractivity contribution in [1.29, 1.82) is 0 Å². The molecule has 0 fully saturated rings. The summed E-state index contributed by atoms with van der Waals surface area (Å²) in [6.45, 7) is 2.18. The molecule has 0 spiro atoms. The number of hydrogen-bond acceptors (Lipinski definition) is 5. The zero-order valence-electron chi connectivity index (χ0n) is 15.4. The Labute approximate surface area is 167 Å². The van der Waals surface area contributed by atoms with Gasteiger partial charge in [0.05, 0.1) is 11.4 Å². The van der Waals surface area contributed by atoms with Gasteiger partial charge < -0.3 is 14.2 Å². The van der Waals surface area contributed by atoms with Crippen LogP contribution in [0.1, 0.15) is 23.2 Å². The zero-order chi connectivity index (χ0) is 19.5. The Morgan fingerprint density at radius 1 is 1.18 bits per heavy atom. The minimum atomic E-state index is -0.291. The number of para-hydroxylation sites is 1. The third-order valence-corrected chi connectivity index (χ3v) is 4.94. The van der Waals surface area contributed by atoms with Gasteiger partial charge in [-0.3, -0.25) is 4.79 Å². The lowest BCUT2D eigenvalue weighted by Crippen LogP contribution is -2.06. The highest BCUT2D eigenvalue weighted by molar-refractivity contribution is 6.30. The first-order valence-electron chi connectivity index (χ1n) is 8.95. The second kappa shape index (κ2) is 7.94. The van der Waals surface area contributed by atoms with E-state index in [9.17, 15) is 4.79 Å². The second-order valence-electron chi connectivity index (χ2n) is 6.45. The standard InChI is InChI=1S/C21H19ClN2O4/c1-14-17(21(22)24(23-14)16-5-3-2-4-6-16)12-26-20(25)10-8-15-7-9-18-19(11-15)28-13-27-18/h2-7,9,11H,8,10,12-13H2,1H3. The SMILES string of the molecule is Cc1nn(-c2ccccc2)c(Cl)c1COC(=O)CCc1ccc2c(c1)OCO2. The summed E-state index contributed by atoms with van der Waals surface area (Å²) >= 11 is 6.46. The lowest BCUT2D eigenvalue weighted by atomic mass is 10.1. The first kappa shape index (κ1) is 18.4. The predicted octanol–water partition coefficient (Wildman–Crippen LogP) is 4.24. The van der Waals surface area contributed by atoms with E-state index >= 15 is 0 Å². The molecule has 0 radical (unpaired) electrons. The minimum absolute atomic E-state index is 0.0947. The highest BCUT2D eigenvalue weighted by Crippen LogP contribution is 2.32. The highest BCUT2D eigenvalue weighted by atomic mass is 35.5. The average molecular weight is 399 g/mol. The van der Waals surface area contributed by atoms with Crippen molar-refractivity contribution in [2.75, 3.05) is 6.79 Å². The van der Waals surface area contributed by atoms with Gasteiger partial charge in [0.25, 0.3) is 0 Å². The molecule has 0 unspecified atom stereocenters. The Kier molecular flexibility index (Phi) is 5.21. The van der Waals surface area contributed by atoms with E-state index in [1.807, 2.05) is 55.5 Å². The van der Waals surface area contributed by atoms with E-state index in [4.69, 9.17) is 25.8 Å². The summed E-state index contributed by atoms with van der Waals surface area (Å²) < 4.78 is 17.7. The van der Waals surface area contributed by atoms with Crippen molar-refractivity contribution in [2.45, 2.75) is 26.4 Å². The van der Waals surface area contributed by atoms with E-state index in [0.717, 1.165) is 22.7 Å². The molecule has 0 atom stereocenters. The highest BCUT2D eigenvalue weighted by Gasteiger charge is 2.17. The number of carbonyl (C=O) groups is 1. The number of aryl methyl sites for hydroxylation is 2. The van der Waals surface area contributed by atoms with Crippen molar-refractivity contribution in [3.05, 3.63) is 70.5 Å². The Hall–Kier alpha value is -2.99. The smallest absolute Gasteiger partial charge is 0.306 e. The Morgan fingerprint density at radius 3 is 2.79 bits per heavy atom. The summed E-state index contributed by atoms with van der Waals surface area (Å²) in [4.78, 5) is 12.2. The van der Waals surface area contributed by atoms with Crippen LogP contribution in [-0.4, -0.2) is 22.5 Å². The van der Waals surface area contributed by atoms with Crippen molar-refractivity contribution in [3.63, 3.8) is 0 Å². The summed E-state index contributed by atoms with van der Waals surface area (Å²) in [7, 11) is 0. The van der Waals surface area contributed by atoms with Crippen LogP contribution in [0.3, 0.4) is 0 Å². The van der Waals surface area contributed by atoms with Gasteiger partial charge in [0.1, 0.15) is 11.8 Å². The van der Waals surface area contributed by atoms with Crippen molar-refractivity contribution in [1.82, 2.24) is 9.78 Å². The summed E-state index contributed by atoms with van der Waals surface area (Å²) in [6.07, 6.45) is 0.828. The molecule has 1 aromatic heterocycles. The molecule has 0 aliphatic carbocycles. The van der Waals surface area contributed by atoms with Gasteiger partial charge >= 0.3 is 5.97 Å². The maximum absolute atomic E-state index is 12.2. The second-order valence-corrected chi connectivity index (χ2v) is 6.81. The third-order valence-electron chi connectivity index (χ3n) is 4.55. The van der Waals surface area contributed by atoms with Gasteiger partial charge in [-0.05, 0) is 43.2 Å². The molecule has 4 rings (SSSR count). The normalized spacial score (nSPS) is 12.2. The summed E-state index contributed by atoms with van der Waals surface area (Å²) in [5, 5.41) is 4.90. The van der Waals surface area contributed by atoms with Crippen LogP contribution < -0.4 is 9.47 Å². The fraction of sp³-hybridized carbons (Fsp3) is 0.238. The third kappa shape index (κ3) is 3.82. The van der Waals surface area contributed by atoms with Gasteiger partial charge in [0.15, 0.2) is 11.5 Å². The predicted molar refractivity (Wildman–Crippen MR) is 104 cm³/mol. The maximum atomic E-state index is 12.2. The Morgan fingerprint density at radius 2 is 1.96 bits per heavy atom. The number of hydrogen-bond donors (Lipinski definition) is 0. The molecule has 0 bridgehead atoms. The number of nitrogens with zero attached hydrogens (tertiary/aromatic N) is 2. The van der Waals surface area contributed by atoms with E-state index in [-0.39, 0.29) is 25.8 Å². The number of rotatable bonds is 6. The molecular formula is C21H19ClN2O4. The van der Waals surface area contributed by atoms with Gasteiger partial charge in [0, 0.05) is 12.0 Å². The molecule has 28 heavy (non-hydrogen) atoms. The molecule has 2 aromatic carbocycles. The summed E-state index contributed by atoms with van der Waals surface area (Å²) in [6, 6.07) is 15.3. The van der Waals surface area contributed by atoms with Gasteiger partial charge in [0.2, 0.25) is 6.79 Å². The summed E-state index contributed by atoms with van der Waals surface area (Å²) in [5.41, 5.74) is 3.29. The van der Waals surface area contributed by atoms with E-state index < -0.39 is 0 Å². The van der Waals surface area contributed by atoms with Crippen molar-refractivity contribution >= 4 is 17.6 Å². The van der Waals surface area contributed by atoms with Gasteiger partial charge in [-0.2, -0.15) is 5.10 Å². The monoisotopic (exact) mass is 398 g/mol. The molecule has 7 heteroatoms. The number of ether oxygens (including phenoxy) is 3. The van der Waals surface area contributed by atoms with Crippen LogP contribution in [0.25, 0.3) is 5.69 Å². The molecule has 0 N–H and O–H groups in total. The van der Waals surface area contributed by atoms with Crippen LogP contribution in [0.4, 0.5) is 0 Å². The molecular weight excluding hydrogens is 380 g/mol. The van der Waals surface area contributed by atoms with E-state index in [2.05, 4.69) is 5.10 Å².